The summed E-state index contributed by atoms with van der Waals surface area (Å²) in [5.74, 6) is -1.13. The van der Waals surface area contributed by atoms with E-state index in [2.05, 4.69) is 15.9 Å². The van der Waals surface area contributed by atoms with Gasteiger partial charge in [-0.15, -0.1) is 0 Å². The highest BCUT2D eigenvalue weighted by Gasteiger charge is 2.25. The maximum Gasteiger partial charge on any atom is 0.143 e. The molecule has 1 aromatic rings. The van der Waals surface area contributed by atoms with Gasteiger partial charge in [0.15, 0.2) is 0 Å². The van der Waals surface area contributed by atoms with Crippen molar-refractivity contribution < 1.29 is 13.5 Å². The molecule has 5 heteroatoms. The fourth-order valence-corrected chi connectivity index (χ4v) is 2.44. The lowest BCUT2D eigenvalue weighted by molar-refractivity contribution is 0.0895. The molecule has 2 rings (SSSR count). The van der Waals surface area contributed by atoms with Gasteiger partial charge >= 0.3 is 0 Å². The zero-order chi connectivity index (χ0) is 12.4. The molecule has 1 saturated heterocycles. The average molecular weight is 306 g/mol. The van der Waals surface area contributed by atoms with Gasteiger partial charge in [0, 0.05) is 18.2 Å². The van der Waals surface area contributed by atoms with Crippen LogP contribution in [0.4, 0.5) is 8.78 Å². The highest BCUT2D eigenvalue weighted by atomic mass is 79.9. The van der Waals surface area contributed by atoms with E-state index in [4.69, 9.17) is 10.5 Å². The van der Waals surface area contributed by atoms with Gasteiger partial charge in [0.05, 0.1) is 10.6 Å². The number of hydrogen-bond acceptors (Lipinski definition) is 2. The van der Waals surface area contributed by atoms with E-state index in [1.54, 1.807) is 0 Å². The van der Waals surface area contributed by atoms with Gasteiger partial charge < -0.3 is 10.5 Å². The summed E-state index contributed by atoms with van der Waals surface area (Å²) >= 11 is 3.04. The minimum Gasteiger partial charge on any atom is -0.377 e. The SMILES string of the molecule is NC(Cc1c(F)ccc(Br)c1F)C1CCCO1. The maximum absolute atomic E-state index is 13.7. The lowest BCUT2D eigenvalue weighted by Gasteiger charge is -2.19. The van der Waals surface area contributed by atoms with Crippen LogP contribution in [0, 0.1) is 11.6 Å². The summed E-state index contributed by atoms with van der Waals surface area (Å²) in [6.45, 7) is 0.682. The largest absolute Gasteiger partial charge is 0.377 e. The van der Waals surface area contributed by atoms with Crippen molar-refractivity contribution in [1.82, 2.24) is 0 Å². The van der Waals surface area contributed by atoms with Gasteiger partial charge in [0.25, 0.3) is 0 Å². The minimum atomic E-state index is -0.571. The van der Waals surface area contributed by atoms with Gasteiger partial charge in [0.1, 0.15) is 11.6 Å². The molecule has 94 valence electrons. The summed E-state index contributed by atoms with van der Waals surface area (Å²) in [6, 6.07) is 2.23. The molecule has 0 bridgehead atoms. The third-order valence-corrected chi connectivity index (χ3v) is 3.63. The molecule has 1 fully saturated rings. The molecule has 0 aromatic heterocycles. The molecule has 2 atom stereocenters. The van der Waals surface area contributed by atoms with Gasteiger partial charge in [0.2, 0.25) is 0 Å². The van der Waals surface area contributed by atoms with Gasteiger partial charge in [-0.25, -0.2) is 8.78 Å². The topological polar surface area (TPSA) is 35.2 Å². The first kappa shape index (κ1) is 12.9. The molecule has 0 spiro atoms. The first-order valence-corrected chi connectivity index (χ1v) is 6.38. The molecule has 1 heterocycles. The molecule has 1 aliphatic heterocycles. The zero-order valence-corrected chi connectivity index (χ0v) is 10.8. The molecule has 0 amide bonds. The monoisotopic (exact) mass is 305 g/mol. The average Bonchev–Trinajstić information content (AvgIpc) is 2.83. The van der Waals surface area contributed by atoms with Crippen LogP contribution in [0.2, 0.25) is 0 Å². The summed E-state index contributed by atoms with van der Waals surface area (Å²) in [6.07, 6.45) is 1.88. The smallest absolute Gasteiger partial charge is 0.143 e. The van der Waals surface area contributed by atoms with Gasteiger partial charge in [-0.1, -0.05) is 0 Å². The molecular formula is C12H14BrF2NO. The van der Waals surface area contributed by atoms with Crippen molar-refractivity contribution in [3.8, 4) is 0 Å². The van der Waals surface area contributed by atoms with Crippen LogP contribution in [-0.2, 0) is 11.2 Å². The van der Waals surface area contributed by atoms with Crippen LogP contribution in [-0.4, -0.2) is 18.8 Å². The fraction of sp³-hybridized carbons (Fsp3) is 0.500. The standard InChI is InChI=1S/C12H14BrF2NO/c13-8-3-4-9(14)7(12(8)15)6-10(16)11-2-1-5-17-11/h3-4,10-11H,1-2,5-6,16H2. The van der Waals surface area contributed by atoms with E-state index in [0.717, 1.165) is 12.8 Å². The van der Waals surface area contributed by atoms with Crippen molar-refractivity contribution in [3.63, 3.8) is 0 Å². The second kappa shape index (κ2) is 5.42. The van der Waals surface area contributed by atoms with Crippen LogP contribution in [0.15, 0.2) is 16.6 Å². The molecule has 0 radical (unpaired) electrons. The molecule has 0 saturated carbocycles. The highest BCUT2D eigenvalue weighted by molar-refractivity contribution is 9.10. The lowest BCUT2D eigenvalue weighted by atomic mass is 9.99. The third-order valence-electron chi connectivity index (χ3n) is 3.02. The first-order valence-electron chi connectivity index (χ1n) is 5.59. The summed E-state index contributed by atoms with van der Waals surface area (Å²) in [7, 11) is 0. The van der Waals surface area contributed by atoms with Gasteiger partial charge in [-0.2, -0.15) is 0 Å². The Balaban J connectivity index is 2.14. The molecule has 1 aliphatic rings. The van der Waals surface area contributed by atoms with Crippen LogP contribution in [0.25, 0.3) is 0 Å². The first-order chi connectivity index (χ1) is 8.09. The van der Waals surface area contributed by atoms with Crippen molar-refractivity contribution in [2.75, 3.05) is 6.61 Å². The van der Waals surface area contributed by atoms with E-state index in [0.29, 0.717) is 6.61 Å². The van der Waals surface area contributed by atoms with Crippen molar-refractivity contribution in [2.45, 2.75) is 31.4 Å². The number of nitrogens with two attached hydrogens (primary N) is 1. The molecule has 2 unspecified atom stereocenters. The number of benzene rings is 1. The Bertz CT molecular complexity index is 408. The van der Waals surface area contributed by atoms with Crippen LogP contribution >= 0.6 is 15.9 Å². The quantitative estimate of drug-likeness (QED) is 0.872. The predicted octanol–water partition coefficient (Wildman–Crippen LogP) is 2.78. The Morgan fingerprint density at radius 3 is 2.88 bits per heavy atom. The van der Waals surface area contributed by atoms with Crippen LogP contribution in [0.3, 0.4) is 0 Å². The number of halogens is 3. The Kier molecular flexibility index (Phi) is 4.12. The van der Waals surface area contributed by atoms with Gasteiger partial charge in [-0.3, -0.25) is 0 Å². The number of rotatable bonds is 3. The summed E-state index contributed by atoms with van der Waals surface area (Å²) in [5.41, 5.74) is 5.96. The molecular weight excluding hydrogens is 292 g/mol. The molecule has 2 N–H and O–H groups in total. The molecule has 17 heavy (non-hydrogen) atoms. The Labute approximate surface area is 107 Å². The van der Waals surface area contributed by atoms with E-state index >= 15 is 0 Å². The second-order valence-electron chi connectivity index (χ2n) is 4.24. The van der Waals surface area contributed by atoms with Crippen LogP contribution < -0.4 is 5.73 Å². The third kappa shape index (κ3) is 2.84. The van der Waals surface area contributed by atoms with Crippen LogP contribution in [0.1, 0.15) is 18.4 Å². The normalized spacial score (nSPS) is 21.8. The summed E-state index contributed by atoms with van der Waals surface area (Å²) < 4.78 is 32.9. The highest BCUT2D eigenvalue weighted by Crippen LogP contribution is 2.24. The Morgan fingerprint density at radius 2 is 2.24 bits per heavy atom. The lowest BCUT2D eigenvalue weighted by Crippen LogP contribution is -2.36. The Hall–Kier alpha value is -0.520. The predicted molar refractivity (Wildman–Crippen MR) is 64.7 cm³/mol. The fourth-order valence-electron chi connectivity index (χ4n) is 2.06. The van der Waals surface area contributed by atoms with Crippen molar-refractivity contribution in [3.05, 3.63) is 33.8 Å². The molecule has 0 aliphatic carbocycles. The van der Waals surface area contributed by atoms with E-state index in [9.17, 15) is 8.78 Å². The van der Waals surface area contributed by atoms with Crippen molar-refractivity contribution >= 4 is 15.9 Å². The van der Waals surface area contributed by atoms with Crippen molar-refractivity contribution in [2.24, 2.45) is 5.73 Å². The molecule has 1 aromatic carbocycles. The maximum atomic E-state index is 13.7. The summed E-state index contributed by atoms with van der Waals surface area (Å²) in [4.78, 5) is 0. The number of ether oxygens (including phenoxy) is 1. The molecule has 2 nitrogen and oxygen atoms in total. The van der Waals surface area contributed by atoms with Crippen molar-refractivity contribution in [1.29, 1.82) is 0 Å². The van der Waals surface area contributed by atoms with E-state index < -0.39 is 11.6 Å². The van der Waals surface area contributed by atoms with E-state index in [-0.39, 0.29) is 28.6 Å². The van der Waals surface area contributed by atoms with Gasteiger partial charge in [-0.05, 0) is 47.3 Å². The van der Waals surface area contributed by atoms with E-state index in [1.807, 2.05) is 0 Å². The zero-order valence-electron chi connectivity index (χ0n) is 9.26. The van der Waals surface area contributed by atoms with Crippen LogP contribution in [0.5, 0.6) is 0 Å². The number of hydrogen-bond donors (Lipinski definition) is 1. The van der Waals surface area contributed by atoms with E-state index in [1.165, 1.54) is 12.1 Å². The minimum absolute atomic E-state index is 0.0300. The summed E-state index contributed by atoms with van der Waals surface area (Å²) in [5, 5.41) is 0. The Morgan fingerprint density at radius 1 is 1.47 bits per heavy atom. The second-order valence-corrected chi connectivity index (χ2v) is 5.10.